The van der Waals surface area contributed by atoms with Crippen molar-refractivity contribution in [3.05, 3.63) is 82.4 Å². The van der Waals surface area contributed by atoms with E-state index in [0.29, 0.717) is 10.0 Å². The van der Waals surface area contributed by atoms with Gasteiger partial charge in [-0.15, -0.1) is 22.7 Å². The predicted octanol–water partition coefficient (Wildman–Crippen LogP) is 5.92. The van der Waals surface area contributed by atoms with Gasteiger partial charge in [0.25, 0.3) is 5.91 Å². The highest BCUT2D eigenvalue weighted by Gasteiger charge is 2.10. The minimum absolute atomic E-state index is 0.132. The summed E-state index contributed by atoms with van der Waals surface area (Å²) in [7, 11) is 0. The number of rotatable bonds is 5. The average Bonchev–Trinajstić information content (AvgIpc) is 3.35. The molecule has 0 atom stereocenters. The van der Waals surface area contributed by atoms with Crippen molar-refractivity contribution < 1.29 is 9.53 Å². The molecule has 0 aliphatic heterocycles. The molecule has 4 aromatic rings. The van der Waals surface area contributed by atoms with Crippen LogP contribution in [-0.2, 0) is 0 Å². The van der Waals surface area contributed by atoms with Crippen molar-refractivity contribution in [2.24, 2.45) is 0 Å². The van der Waals surface area contributed by atoms with Crippen LogP contribution in [0.2, 0.25) is 0 Å². The SMILES string of the molecule is O=C(Nc1nc(-c2ccc(Oc3ccccc3)cc2)cs1)c1cccs1. The minimum Gasteiger partial charge on any atom is -0.457 e. The van der Waals surface area contributed by atoms with E-state index in [2.05, 4.69) is 10.3 Å². The standard InChI is InChI=1S/C20H14N2O2S2/c23-19(18-7-4-12-25-18)22-20-21-17(13-26-20)14-8-10-16(11-9-14)24-15-5-2-1-3-6-15/h1-13H,(H,21,22,23). The number of hydrogen-bond acceptors (Lipinski definition) is 5. The van der Waals surface area contributed by atoms with Crippen LogP contribution in [0.15, 0.2) is 77.5 Å². The van der Waals surface area contributed by atoms with E-state index in [4.69, 9.17) is 4.74 Å². The van der Waals surface area contributed by atoms with Gasteiger partial charge in [0.05, 0.1) is 10.6 Å². The molecule has 0 spiro atoms. The van der Waals surface area contributed by atoms with Crippen LogP contribution in [-0.4, -0.2) is 10.9 Å². The highest BCUT2D eigenvalue weighted by molar-refractivity contribution is 7.14. The fourth-order valence-electron chi connectivity index (χ4n) is 2.35. The monoisotopic (exact) mass is 378 g/mol. The molecule has 0 aliphatic carbocycles. The summed E-state index contributed by atoms with van der Waals surface area (Å²) in [4.78, 5) is 17.3. The quantitative estimate of drug-likeness (QED) is 0.469. The molecule has 0 unspecified atom stereocenters. The maximum atomic E-state index is 12.1. The number of carbonyl (C=O) groups excluding carboxylic acids is 1. The maximum absolute atomic E-state index is 12.1. The Bertz CT molecular complexity index is 994. The number of anilines is 1. The molecule has 2 aromatic carbocycles. The first-order chi connectivity index (χ1) is 12.8. The molecule has 0 radical (unpaired) electrons. The fraction of sp³-hybridized carbons (Fsp3) is 0. The van der Waals surface area contributed by atoms with E-state index in [1.165, 1.54) is 22.7 Å². The number of hydrogen-bond donors (Lipinski definition) is 1. The number of benzene rings is 2. The number of carbonyl (C=O) groups is 1. The summed E-state index contributed by atoms with van der Waals surface area (Å²) in [6, 6.07) is 21.0. The Morgan fingerprint density at radius 2 is 1.65 bits per heavy atom. The predicted molar refractivity (Wildman–Crippen MR) is 106 cm³/mol. The normalized spacial score (nSPS) is 10.5. The van der Waals surface area contributed by atoms with Gasteiger partial charge in [-0.05, 0) is 47.8 Å². The number of amides is 1. The van der Waals surface area contributed by atoms with E-state index < -0.39 is 0 Å². The van der Waals surface area contributed by atoms with E-state index in [-0.39, 0.29) is 5.91 Å². The van der Waals surface area contributed by atoms with Crippen molar-refractivity contribution in [1.29, 1.82) is 0 Å². The first-order valence-electron chi connectivity index (χ1n) is 7.92. The van der Waals surface area contributed by atoms with Crippen LogP contribution >= 0.6 is 22.7 Å². The molecule has 4 nitrogen and oxygen atoms in total. The van der Waals surface area contributed by atoms with Crippen LogP contribution in [0.5, 0.6) is 11.5 Å². The summed E-state index contributed by atoms with van der Waals surface area (Å²) in [5, 5.41) is 7.22. The topological polar surface area (TPSA) is 51.2 Å². The van der Waals surface area contributed by atoms with Gasteiger partial charge in [-0.25, -0.2) is 4.98 Å². The van der Waals surface area contributed by atoms with Crippen molar-refractivity contribution in [1.82, 2.24) is 4.98 Å². The molecule has 0 fully saturated rings. The highest BCUT2D eigenvalue weighted by atomic mass is 32.1. The Hall–Kier alpha value is -2.96. The van der Waals surface area contributed by atoms with Gasteiger partial charge in [-0.1, -0.05) is 24.3 Å². The summed E-state index contributed by atoms with van der Waals surface area (Å²) in [6.45, 7) is 0. The smallest absolute Gasteiger partial charge is 0.267 e. The van der Waals surface area contributed by atoms with Crippen LogP contribution in [0.3, 0.4) is 0 Å². The Morgan fingerprint density at radius 3 is 2.38 bits per heavy atom. The van der Waals surface area contributed by atoms with Crippen LogP contribution in [0.1, 0.15) is 9.67 Å². The summed E-state index contributed by atoms with van der Waals surface area (Å²) in [6.07, 6.45) is 0. The molecule has 2 aromatic heterocycles. The first-order valence-corrected chi connectivity index (χ1v) is 9.67. The van der Waals surface area contributed by atoms with Crippen LogP contribution in [0.4, 0.5) is 5.13 Å². The Kier molecular flexibility index (Phi) is 4.77. The van der Waals surface area contributed by atoms with E-state index >= 15 is 0 Å². The third-order valence-corrected chi connectivity index (χ3v) is 5.22. The Balaban J connectivity index is 1.45. The number of para-hydroxylation sites is 1. The van der Waals surface area contributed by atoms with Crippen LogP contribution in [0, 0.1) is 0 Å². The van der Waals surface area contributed by atoms with Crippen LogP contribution < -0.4 is 10.1 Å². The number of nitrogens with one attached hydrogen (secondary N) is 1. The van der Waals surface area contributed by atoms with Gasteiger partial charge in [0.1, 0.15) is 11.5 Å². The van der Waals surface area contributed by atoms with E-state index in [0.717, 1.165) is 22.8 Å². The van der Waals surface area contributed by atoms with Gasteiger partial charge in [0.2, 0.25) is 0 Å². The lowest BCUT2D eigenvalue weighted by molar-refractivity contribution is 0.103. The third kappa shape index (κ3) is 3.82. The van der Waals surface area contributed by atoms with Gasteiger partial charge in [0, 0.05) is 10.9 Å². The number of ether oxygens (including phenoxy) is 1. The van der Waals surface area contributed by atoms with Crippen LogP contribution in [0.25, 0.3) is 11.3 Å². The van der Waals surface area contributed by atoms with E-state index in [9.17, 15) is 4.79 Å². The lowest BCUT2D eigenvalue weighted by Gasteiger charge is -2.05. The van der Waals surface area contributed by atoms with Crippen molar-refractivity contribution in [2.45, 2.75) is 0 Å². The maximum Gasteiger partial charge on any atom is 0.267 e. The second kappa shape index (κ2) is 7.51. The van der Waals surface area contributed by atoms with E-state index in [1.807, 2.05) is 71.4 Å². The lowest BCUT2D eigenvalue weighted by atomic mass is 10.2. The van der Waals surface area contributed by atoms with Crippen molar-refractivity contribution >= 4 is 33.7 Å². The van der Waals surface area contributed by atoms with Crippen molar-refractivity contribution in [3.63, 3.8) is 0 Å². The highest BCUT2D eigenvalue weighted by Crippen LogP contribution is 2.28. The fourth-order valence-corrected chi connectivity index (χ4v) is 3.68. The molecule has 1 amide bonds. The van der Waals surface area contributed by atoms with Crippen molar-refractivity contribution in [3.8, 4) is 22.8 Å². The molecule has 26 heavy (non-hydrogen) atoms. The minimum atomic E-state index is -0.132. The molecular formula is C20H14N2O2S2. The largest absolute Gasteiger partial charge is 0.457 e. The zero-order valence-corrected chi connectivity index (χ0v) is 15.2. The molecule has 4 rings (SSSR count). The van der Waals surface area contributed by atoms with Gasteiger partial charge in [0.15, 0.2) is 5.13 Å². The number of aromatic nitrogens is 1. The van der Waals surface area contributed by atoms with E-state index in [1.54, 1.807) is 6.07 Å². The second-order valence-electron chi connectivity index (χ2n) is 5.41. The molecule has 0 saturated carbocycles. The number of thiophene rings is 1. The summed E-state index contributed by atoms with van der Waals surface area (Å²) < 4.78 is 5.79. The van der Waals surface area contributed by atoms with Gasteiger partial charge in [-0.2, -0.15) is 0 Å². The molecule has 0 bridgehead atoms. The lowest BCUT2D eigenvalue weighted by Crippen LogP contribution is -2.09. The first kappa shape index (κ1) is 16.5. The third-order valence-electron chi connectivity index (χ3n) is 3.60. The molecule has 2 heterocycles. The van der Waals surface area contributed by atoms with Gasteiger partial charge in [-0.3, -0.25) is 10.1 Å². The zero-order chi connectivity index (χ0) is 17.8. The zero-order valence-electron chi connectivity index (χ0n) is 13.6. The Labute approximate surface area is 158 Å². The molecule has 0 saturated heterocycles. The number of nitrogens with zero attached hydrogens (tertiary/aromatic N) is 1. The molecular weight excluding hydrogens is 364 g/mol. The molecule has 1 N–H and O–H groups in total. The van der Waals surface area contributed by atoms with Gasteiger partial charge >= 0.3 is 0 Å². The molecule has 6 heteroatoms. The summed E-state index contributed by atoms with van der Waals surface area (Å²) in [5.41, 5.74) is 1.79. The summed E-state index contributed by atoms with van der Waals surface area (Å²) in [5.74, 6) is 1.43. The summed E-state index contributed by atoms with van der Waals surface area (Å²) >= 11 is 2.81. The van der Waals surface area contributed by atoms with Gasteiger partial charge < -0.3 is 4.74 Å². The number of thiazole rings is 1. The Morgan fingerprint density at radius 1 is 0.885 bits per heavy atom. The van der Waals surface area contributed by atoms with Crippen molar-refractivity contribution in [2.75, 3.05) is 5.32 Å². The molecule has 0 aliphatic rings. The average molecular weight is 378 g/mol. The molecule has 128 valence electrons. The second-order valence-corrected chi connectivity index (χ2v) is 7.21.